The molecule has 0 bridgehead atoms. The van der Waals surface area contributed by atoms with Gasteiger partial charge in [0.05, 0.1) is 12.3 Å². The molecule has 0 aromatic carbocycles. The van der Waals surface area contributed by atoms with E-state index in [2.05, 4.69) is 52.5 Å². The minimum absolute atomic E-state index is 0.0775. The average Bonchev–Trinajstić information content (AvgIpc) is 2.31. The summed E-state index contributed by atoms with van der Waals surface area (Å²) in [6.07, 6.45) is 2.52. The van der Waals surface area contributed by atoms with Gasteiger partial charge in [-0.3, -0.25) is 0 Å². The van der Waals surface area contributed by atoms with Crippen molar-refractivity contribution in [1.29, 1.82) is 0 Å². The maximum atomic E-state index is 9.41. The molecule has 19 heavy (non-hydrogen) atoms. The number of hydrogen-bond acceptors (Lipinski definition) is 5. The summed E-state index contributed by atoms with van der Waals surface area (Å²) in [7, 11) is 0. The Bertz CT molecular complexity index is 502. The van der Waals surface area contributed by atoms with Gasteiger partial charge in [-0.15, -0.1) is 5.11 Å². The van der Waals surface area contributed by atoms with E-state index in [0.29, 0.717) is 10.1 Å². The van der Waals surface area contributed by atoms with Crippen molar-refractivity contribution < 1.29 is 15.3 Å². The maximum absolute atomic E-state index is 9.41. The first-order chi connectivity index (χ1) is 8.77. The molecule has 0 unspecified atom stereocenters. The first-order valence-corrected chi connectivity index (χ1v) is 5.82. The molecule has 0 rings (SSSR count). The fraction of sp³-hybridized carbons (Fsp3) is 0.0769. The second-order valence-electron chi connectivity index (χ2n) is 3.39. The van der Waals surface area contributed by atoms with Gasteiger partial charge >= 0.3 is 0 Å². The van der Waals surface area contributed by atoms with Crippen LogP contribution in [0.4, 0.5) is 0 Å². The molecule has 0 saturated heterocycles. The summed E-state index contributed by atoms with van der Waals surface area (Å²) < 4.78 is 0.547. The van der Waals surface area contributed by atoms with E-state index in [9.17, 15) is 5.11 Å². The molecule has 0 amide bonds. The van der Waals surface area contributed by atoms with Crippen molar-refractivity contribution in [3.8, 4) is 0 Å². The summed E-state index contributed by atoms with van der Waals surface area (Å²) in [5.41, 5.74) is 0.527. The molecule has 0 spiro atoms. The molecule has 102 valence electrons. The van der Waals surface area contributed by atoms with Crippen molar-refractivity contribution in [1.82, 2.24) is 0 Å². The number of halogens is 1. The summed E-state index contributed by atoms with van der Waals surface area (Å²) in [4.78, 5) is 0. The predicted molar refractivity (Wildman–Crippen MR) is 78.9 cm³/mol. The maximum Gasteiger partial charge on any atom is 0.146 e. The van der Waals surface area contributed by atoms with Gasteiger partial charge in [0.25, 0.3) is 0 Å². The van der Waals surface area contributed by atoms with Crippen molar-refractivity contribution in [2.24, 2.45) is 10.2 Å². The van der Waals surface area contributed by atoms with E-state index >= 15 is 0 Å². The summed E-state index contributed by atoms with van der Waals surface area (Å²) in [5, 5.41) is 34.7. The molecule has 0 fully saturated rings. The molecular weight excluding hydrogens is 312 g/mol. The third-order valence-corrected chi connectivity index (χ3v) is 1.99. The molecule has 0 heterocycles. The lowest BCUT2D eigenvalue weighted by atomic mass is 10.2. The predicted octanol–water partition coefficient (Wildman–Crippen LogP) is 3.81. The number of azo groups is 1. The molecule has 0 aliphatic heterocycles. The zero-order valence-electron chi connectivity index (χ0n) is 10.3. The summed E-state index contributed by atoms with van der Waals surface area (Å²) in [6.45, 7) is 13.5. The van der Waals surface area contributed by atoms with Crippen LogP contribution in [0.15, 0.2) is 81.7 Å². The zero-order valence-corrected chi connectivity index (χ0v) is 11.9. The standard InChI is InChI=1S/C13H15BrN2O3/c1-8(14)5-12(7-17)10(3)15-16-11(4)13(19)6-9(2)18/h5-6,17-19H,1-4,7H2/b12-5-,13-6+,16-15?. The van der Waals surface area contributed by atoms with Crippen LogP contribution in [0.3, 0.4) is 0 Å². The topological polar surface area (TPSA) is 85.4 Å². The van der Waals surface area contributed by atoms with Crippen LogP contribution in [0.2, 0.25) is 0 Å². The number of rotatable bonds is 7. The lowest BCUT2D eigenvalue weighted by molar-refractivity contribution is 0.333. The van der Waals surface area contributed by atoms with E-state index in [1.165, 1.54) is 6.08 Å². The Kier molecular flexibility index (Phi) is 7.40. The number of allylic oxidation sites excluding steroid dienone is 3. The minimum atomic E-state index is -0.372. The number of hydrogen-bond donors (Lipinski definition) is 3. The highest BCUT2D eigenvalue weighted by Crippen LogP contribution is 2.16. The minimum Gasteiger partial charge on any atom is -0.508 e. The highest BCUT2D eigenvalue weighted by molar-refractivity contribution is 9.11. The van der Waals surface area contributed by atoms with Crippen molar-refractivity contribution >= 4 is 15.9 Å². The van der Waals surface area contributed by atoms with E-state index in [1.54, 1.807) is 0 Å². The fourth-order valence-corrected chi connectivity index (χ4v) is 1.16. The lowest BCUT2D eigenvalue weighted by Crippen LogP contribution is -1.92. The fourth-order valence-electron chi connectivity index (χ4n) is 0.887. The van der Waals surface area contributed by atoms with Gasteiger partial charge < -0.3 is 15.3 Å². The normalized spacial score (nSPS) is 12.5. The average molecular weight is 327 g/mol. The molecule has 0 aromatic rings. The molecule has 0 aliphatic carbocycles. The Morgan fingerprint density at radius 2 is 1.53 bits per heavy atom. The van der Waals surface area contributed by atoms with Crippen LogP contribution >= 0.6 is 15.9 Å². The summed E-state index contributed by atoms with van der Waals surface area (Å²) in [6, 6.07) is 0. The van der Waals surface area contributed by atoms with E-state index in [1.807, 2.05) is 0 Å². The highest BCUT2D eigenvalue weighted by atomic mass is 79.9. The molecule has 0 aliphatic rings. The molecular formula is C13H15BrN2O3. The van der Waals surface area contributed by atoms with E-state index in [-0.39, 0.29) is 29.5 Å². The Labute approximate surface area is 120 Å². The van der Waals surface area contributed by atoms with Crippen LogP contribution in [-0.4, -0.2) is 21.9 Å². The van der Waals surface area contributed by atoms with Crippen LogP contribution in [0.25, 0.3) is 0 Å². The number of nitrogens with zero attached hydrogens (tertiary/aromatic N) is 2. The molecule has 0 aromatic heterocycles. The Morgan fingerprint density at radius 3 is 1.95 bits per heavy atom. The van der Waals surface area contributed by atoms with Crippen molar-refractivity contribution in [3.05, 3.63) is 71.4 Å². The van der Waals surface area contributed by atoms with Crippen LogP contribution < -0.4 is 0 Å². The van der Waals surface area contributed by atoms with E-state index < -0.39 is 0 Å². The second-order valence-corrected chi connectivity index (χ2v) is 4.41. The molecule has 3 N–H and O–H groups in total. The Balaban J connectivity index is 4.91. The van der Waals surface area contributed by atoms with Gasteiger partial charge in [-0.05, 0) is 6.08 Å². The zero-order chi connectivity index (χ0) is 15.0. The lowest BCUT2D eigenvalue weighted by Gasteiger charge is -2.02. The first-order valence-electron chi connectivity index (χ1n) is 5.02. The summed E-state index contributed by atoms with van der Waals surface area (Å²) in [5.74, 6) is -0.706. The van der Waals surface area contributed by atoms with E-state index in [4.69, 9.17) is 10.2 Å². The largest absolute Gasteiger partial charge is 0.508 e. The van der Waals surface area contributed by atoms with Crippen molar-refractivity contribution in [2.45, 2.75) is 0 Å². The number of aliphatic hydroxyl groups excluding tert-OH is 3. The highest BCUT2D eigenvalue weighted by Gasteiger charge is 2.03. The molecule has 5 nitrogen and oxygen atoms in total. The third-order valence-electron chi connectivity index (χ3n) is 1.76. The van der Waals surface area contributed by atoms with Gasteiger partial charge in [-0.1, -0.05) is 42.2 Å². The van der Waals surface area contributed by atoms with Crippen LogP contribution in [0.1, 0.15) is 0 Å². The quantitative estimate of drug-likeness (QED) is 0.378. The molecule has 0 atom stereocenters. The second kappa shape index (κ2) is 8.23. The monoisotopic (exact) mass is 326 g/mol. The van der Waals surface area contributed by atoms with Crippen LogP contribution in [-0.2, 0) is 0 Å². The molecule has 0 radical (unpaired) electrons. The van der Waals surface area contributed by atoms with Gasteiger partial charge in [0, 0.05) is 16.1 Å². The Hall–Kier alpha value is -1.92. The SMILES string of the molecule is C=C(O)/C=C(/O)C(=C)N=NC(=C)/C(=C\C(=C)Br)CO. The van der Waals surface area contributed by atoms with Crippen molar-refractivity contribution in [3.63, 3.8) is 0 Å². The van der Waals surface area contributed by atoms with Crippen LogP contribution in [0.5, 0.6) is 0 Å². The van der Waals surface area contributed by atoms with Gasteiger partial charge in [-0.2, -0.15) is 5.11 Å². The third kappa shape index (κ3) is 7.17. The van der Waals surface area contributed by atoms with E-state index in [0.717, 1.165) is 6.08 Å². The first kappa shape index (κ1) is 17.1. The van der Waals surface area contributed by atoms with Gasteiger partial charge in [0.15, 0.2) is 0 Å². The molecule has 6 heteroatoms. The smallest absolute Gasteiger partial charge is 0.146 e. The van der Waals surface area contributed by atoms with Gasteiger partial charge in [0.2, 0.25) is 0 Å². The Morgan fingerprint density at radius 1 is 1.00 bits per heavy atom. The number of aliphatic hydroxyl groups is 3. The van der Waals surface area contributed by atoms with Crippen LogP contribution in [0, 0.1) is 0 Å². The summed E-state index contributed by atoms with van der Waals surface area (Å²) >= 11 is 3.12. The molecule has 0 saturated carbocycles. The van der Waals surface area contributed by atoms with Gasteiger partial charge in [-0.25, -0.2) is 0 Å². The van der Waals surface area contributed by atoms with Crippen molar-refractivity contribution in [2.75, 3.05) is 6.61 Å². The van der Waals surface area contributed by atoms with Gasteiger partial charge in [0.1, 0.15) is 17.2 Å².